The maximum atomic E-state index is 11.3. The summed E-state index contributed by atoms with van der Waals surface area (Å²) < 4.78 is 6.15. The Labute approximate surface area is 85.1 Å². The van der Waals surface area contributed by atoms with E-state index in [-0.39, 0.29) is 18.2 Å². The molecule has 1 N–H and O–H groups in total. The molecule has 0 radical (unpaired) electrons. The van der Waals surface area contributed by atoms with Crippen LogP contribution < -0.4 is 0 Å². The lowest BCUT2D eigenvalue weighted by atomic mass is 10.4. The molecule has 0 saturated carbocycles. The van der Waals surface area contributed by atoms with Gasteiger partial charge in [-0.05, 0) is 6.92 Å². The van der Waals surface area contributed by atoms with E-state index >= 15 is 0 Å². The number of carbonyl (C=O) groups excluding carboxylic acids is 1. The van der Waals surface area contributed by atoms with Gasteiger partial charge in [0.05, 0.1) is 6.61 Å². The van der Waals surface area contributed by atoms with Gasteiger partial charge in [0.25, 0.3) is 0 Å². The highest BCUT2D eigenvalue weighted by molar-refractivity contribution is 5.89. The first-order chi connectivity index (χ1) is 7.22. The lowest BCUT2D eigenvalue weighted by molar-refractivity contribution is 0.0519. The predicted octanol–water partition coefficient (Wildman–Crippen LogP) is 0.612. The predicted molar refractivity (Wildman–Crippen MR) is 50.6 cm³/mol. The normalized spacial score (nSPS) is 10.5. The van der Waals surface area contributed by atoms with Gasteiger partial charge < -0.3 is 9.84 Å². The Morgan fingerprint density at radius 1 is 1.67 bits per heavy atom. The lowest BCUT2D eigenvalue weighted by Crippen LogP contribution is -2.05. The number of aromatic nitrogens is 3. The minimum absolute atomic E-state index is 0.153. The highest BCUT2D eigenvalue weighted by atomic mass is 16.5. The number of rotatable bonds is 2. The first-order valence-corrected chi connectivity index (χ1v) is 4.43. The maximum Gasteiger partial charge on any atom is 0.358 e. The van der Waals surface area contributed by atoms with E-state index in [9.17, 15) is 9.90 Å². The Morgan fingerprint density at radius 3 is 3.13 bits per heavy atom. The standard InChI is InChI=1S/C9H9N3O3/c1-2-15-9(14)6-5-7-8(13)10-3-4-12(7)11-6/h3-5H,2H2,1H3,(H,10,13). The SMILES string of the molecule is CCOC(=O)c1cc2c(O)nccn2n1. The van der Waals surface area contributed by atoms with Crippen molar-refractivity contribution in [2.75, 3.05) is 6.61 Å². The van der Waals surface area contributed by atoms with Gasteiger partial charge >= 0.3 is 5.97 Å². The van der Waals surface area contributed by atoms with E-state index in [2.05, 4.69) is 10.1 Å². The maximum absolute atomic E-state index is 11.3. The van der Waals surface area contributed by atoms with Crippen LogP contribution in [0, 0.1) is 0 Å². The van der Waals surface area contributed by atoms with Crippen molar-refractivity contribution in [3.05, 3.63) is 24.2 Å². The number of hydrogen-bond donors (Lipinski definition) is 1. The molecule has 0 atom stereocenters. The molecule has 2 rings (SSSR count). The van der Waals surface area contributed by atoms with Crippen molar-refractivity contribution in [1.29, 1.82) is 0 Å². The number of esters is 1. The van der Waals surface area contributed by atoms with Crippen LogP contribution in [0.2, 0.25) is 0 Å². The Balaban J connectivity index is 2.47. The molecule has 15 heavy (non-hydrogen) atoms. The fourth-order valence-corrected chi connectivity index (χ4v) is 1.21. The summed E-state index contributed by atoms with van der Waals surface area (Å²) >= 11 is 0. The molecular formula is C9H9N3O3. The summed E-state index contributed by atoms with van der Waals surface area (Å²) in [6.07, 6.45) is 2.93. The molecule has 0 aliphatic rings. The number of hydrogen-bond acceptors (Lipinski definition) is 5. The summed E-state index contributed by atoms with van der Waals surface area (Å²) in [5.41, 5.74) is 0.528. The number of nitrogens with zero attached hydrogens (tertiary/aromatic N) is 3. The molecule has 2 aromatic rings. The molecule has 0 aliphatic carbocycles. The van der Waals surface area contributed by atoms with Gasteiger partial charge in [0, 0.05) is 18.5 Å². The van der Waals surface area contributed by atoms with Crippen LogP contribution in [0.1, 0.15) is 17.4 Å². The van der Waals surface area contributed by atoms with Gasteiger partial charge in [-0.3, -0.25) is 0 Å². The zero-order chi connectivity index (χ0) is 10.8. The van der Waals surface area contributed by atoms with Gasteiger partial charge in [-0.1, -0.05) is 0 Å². The highest BCUT2D eigenvalue weighted by Gasteiger charge is 2.13. The molecule has 6 nitrogen and oxygen atoms in total. The third-order valence-electron chi connectivity index (χ3n) is 1.85. The van der Waals surface area contributed by atoms with Crippen molar-refractivity contribution in [2.24, 2.45) is 0 Å². The molecular weight excluding hydrogens is 198 g/mol. The van der Waals surface area contributed by atoms with Crippen LogP contribution in [0.4, 0.5) is 0 Å². The lowest BCUT2D eigenvalue weighted by Gasteiger charge is -1.95. The van der Waals surface area contributed by atoms with Gasteiger partial charge in [-0.25, -0.2) is 14.3 Å². The molecule has 0 aliphatic heterocycles. The first kappa shape index (κ1) is 9.45. The van der Waals surface area contributed by atoms with Crippen LogP contribution in [0.5, 0.6) is 5.88 Å². The molecule has 0 aromatic carbocycles. The van der Waals surface area contributed by atoms with Crippen LogP contribution >= 0.6 is 0 Å². The Hall–Kier alpha value is -2.11. The van der Waals surface area contributed by atoms with Crippen molar-refractivity contribution >= 4 is 11.5 Å². The van der Waals surface area contributed by atoms with Crippen molar-refractivity contribution < 1.29 is 14.6 Å². The van der Waals surface area contributed by atoms with Crippen molar-refractivity contribution in [3.63, 3.8) is 0 Å². The minimum atomic E-state index is -0.513. The molecule has 0 amide bonds. The van der Waals surface area contributed by atoms with Crippen LogP contribution in [-0.4, -0.2) is 32.3 Å². The zero-order valence-corrected chi connectivity index (χ0v) is 8.04. The van der Waals surface area contributed by atoms with Gasteiger partial charge in [-0.2, -0.15) is 5.10 Å². The molecule has 0 bridgehead atoms. The van der Waals surface area contributed by atoms with Gasteiger partial charge in [0.2, 0.25) is 5.88 Å². The summed E-state index contributed by atoms with van der Waals surface area (Å²) in [6.45, 7) is 2.00. The van der Waals surface area contributed by atoms with Crippen LogP contribution in [0.25, 0.3) is 5.52 Å². The summed E-state index contributed by atoms with van der Waals surface area (Å²) in [4.78, 5) is 15.0. The minimum Gasteiger partial charge on any atom is -0.492 e. The average molecular weight is 207 g/mol. The van der Waals surface area contributed by atoms with E-state index in [1.54, 1.807) is 6.92 Å². The fraction of sp³-hybridized carbons (Fsp3) is 0.222. The summed E-state index contributed by atoms with van der Waals surface area (Å²) in [7, 11) is 0. The van der Waals surface area contributed by atoms with E-state index in [0.29, 0.717) is 5.52 Å². The monoisotopic (exact) mass is 207 g/mol. The van der Waals surface area contributed by atoms with Gasteiger partial charge in [0.15, 0.2) is 5.69 Å². The quantitative estimate of drug-likeness (QED) is 0.730. The third-order valence-corrected chi connectivity index (χ3v) is 1.85. The van der Waals surface area contributed by atoms with E-state index in [4.69, 9.17) is 4.74 Å². The number of fused-ring (bicyclic) bond motifs is 1. The van der Waals surface area contributed by atoms with E-state index in [1.807, 2.05) is 0 Å². The number of ether oxygens (including phenoxy) is 1. The summed E-state index contributed by atoms with van der Waals surface area (Å²) in [5.74, 6) is -0.679. The molecule has 0 saturated heterocycles. The summed E-state index contributed by atoms with van der Waals surface area (Å²) in [5, 5.41) is 13.3. The summed E-state index contributed by atoms with van der Waals surface area (Å²) in [6, 6.07) is 1.43. The Bertz CT molecular complexity index is 506. The Kier molecular flexibility index (Phi) is 2.24. The molecule has 2 aromatic heterocycles. The molecule has 0 fully saturated rings. The van der Waals surface area contributed by atoms with Crippen molar-refractivity contribution in [1.82, 2.24) is 14.6 Å². The largest absolute Gasteiger partial charge is 0.492 e. The average Bonchev–Trinajstić information content (AvgIpc) is 2.63. The topological polar surface area (TPSA) is 76.7 Å². The van der Waals surface area contributed by atoms with Gasteiger partial charge in [0.1, 0.15) is 5.52 Å². The molecule has 78 valence electrons. The third kappa shape index (κ3) is 1.61. The smallest absolute Gasteiger partial charge is 0.358 e. The second-order valence-corrected chi connectivity index (χ2v) is 2.83. The van der Waals surface area contributed by atoms with Crippen LogP contribution in [0.15, 0.2) is 18.5 Å². The van der Waals surface area contributed by atoms with Crippen molar-refractivity contribution in [3.8, 4) is 5.88 Å². The van der Waals surface area contributed by atoms with Crippen molar-refractivity contribution in [2.45, 2.75) is 6.92 Å². The van der Waals surface area contributed by atoms with E-state index in [0.717, 1.165) is 0 Å². The number of aromatic hydroxyl groups is 1. The second kappa shape index (κ2) is 3.56. The van der Waals surface area contributed by atoms with Crippen LogP contribution in [-0.2, 0) is 4.74 Å². The second-order valence-electron chi connectivity index (χ2n) is 2.83. The van der Waals surface area contributed by atoms with Gasteiger partial charge in [-0.15, -0.1) is 0 Å². The van der Waals surface area contributed by atoms with E-state index < -0.39 is 5.97 Å². The Morgan fingerprint density at radius 2 is 2.47 bits per heavy atom. The molecule has 0 spiro atoms. The highest BCUT2D eigenvalue weighted by Crippen LogP contribution is 2.15. The fourth-order valence-electron chi connectivity index (χ4n) is 1.21. The number of carbonyl (C=O) groups is 1. The first-order valence-electron chi connectivity index (χ1n) is 4.43. The molecule has 0 unspecified atom stereocenters. The zero-order valence-electron chi connectivity index (χ0n) is 8.04. The van der Waals surface area contributed by atoms with E-state index in [1.165, 1.54) is 23.0 Å². The molecule has 2 heterocycles. The molecule has 6 heteroatoms. The van der Waals surface area contributed by atoms with Crippen LogP contribution in [0.3, 0.4) is 0 Å².